The molecule has 2 N–H and O–H groups in total. The van der Waals surface area contributed by atoms with Gasteiger partial charge in [0.1, 0.15) is 0 Å². The van der Waals surface area contributed by atoms with E-state index in [1.54, 1.807) is 0 Å². The summed E-state index contributed by atoms with van der Waals surface area (Å²) in [5, 5.41) is 0. The SMILES string of the molecule is CCC(CN)C(=O)N(CC(C)C)C1CC1. The molecule has 1 saturated carbocycles. The average Bonchev–Trinajstić information content (AvgIpc) is 2.99. The molecule has 1 fully saturated rings. The predicted molar refractivity (Wildman–Crippen MR) is 62.4 cm³/mol. The molecule has 0 aromatic rings. The quantitative estimate of drug-likeness (QED) is 0.727. The fourth-order valence-electron chi connectivity index (χ4n) is 1.88. The molecule has 0 radical (unpaired) electrons. The Kier molecular flexibility index (Phi) is 4.58. The van der Waals surface area contributed by atoms with E-state index in [1.165, 1.54) is 12.8 Å². The van der Waals surface area contributed by atoms with Crippen LogP contribution in [0.4, 0.5) is 0 Å². The van der Waals surface area contributed by atoms with E-state index in [4.69, 9.17) is 5.73 Å². The van der Waals surface area contributed by atoms with Crippen molar-refractivity contribution in [1.29, 1.82) is 0 Å². The van der Waals surface area contributed by atoms with Crippen molar-refractivity contribution in [1.82, 2.24) is 4.90 Å². The summed E-state index contributed by atoms with van der Waals surface area (Å²) in [4.78, 5) is 14.2. The lowest BCUT2D eigenvalue weighted by Gasteiger charge is -2.28. The summed E-state index contributed by atoms with van der Waals surface area (Å²) in [6, 6.07) is 0.514. The Labute approximate surface area is 93.0 Å². The van der Waals surface area contributed by atoms with Crippen molar-refractivity contribution in [3.63, 3.8) is 0 Å². The van der Waals surface area contributed by atoms with Crippen molar-refractivity contribution in [2.75, 3.05) is 13.1 Å². The molecule has 0 bridgehead atoms. The van der Waals surface area contributed by atoms with Gasteiger partial charge in [-0.05, 0) is 25.2 Å². The maximum atomic E-state index is 12.2. The van der Waals surface area contributed by atoms with E-state index < -0.39 is 0 Å². The number of nitrogens with zero attached hydrogens (tertiary/aromatic N) is 1. The van der Waals surface area contributed by atoms with Crippen LogP contribution in [0, 0.1) is 11.8 Å². The fraction of sp³-hybridized carbons (Fsp3) is 0.917. The van der Waals surface area contributed by atoms with Gasteiger partial charge in [-0.1, -0.05) is 20.8 Å². The first-order valence-electron chi connectivity index (χ1n) is 6.10. The Balaban J connectivity index is 2.57. The second-order valence-electron chi connectivity index (χ2n) is 4.96. The zero-order valence-corrected chi connectivity index (χ0v) is 10.2. The Morgan fingerprint density at radius 1 is 1.47 bits per heavy atom. The van der Waals surface area contributed by atoms with E-state index in [2.05, 4.69) is 18.7 Å². The molecule has 1 aliphatic carbocycles. The van der Waals surface area contributed by atoms with Gasteiger partial charge in [0.25, 0.3) is 0 Å². The van der Waals surface area contributed by atoms with Crippen LogP contribution >= 0.6 is 0 Å². The number of hydrogen-bond acceptors (Lipinski definition) is 2. The summed E-state index contributed by atoms with van der Waals surface area (Å²) in [6.07, 6.45) is 3.22. The number of nitrogens with two attached hydrogens (primary N) is 1. The molecule has 15 heavy (non-hydrogen) atoms. The third-order valence-corrected chi connectivity index (χ3v) is 2.96. The molecule has 0 spiro atoms. The lowest BCUT2D eigenvalue weighted by molar-refractivity contribution is -0.136. The highest BCUT2D eigenvalue weighted by molar-refractivity contribution is 5.79. The van der Waals surface area contributed by atoms with Crippen molar-refractivity contribution in [2.45, 2.75) is 46.1 Å². The number of hydrogen-bond donors (Lipinski definition) is 1. The second kappa shape index (κ2) is 5.50. The molecular formula is C12H24N2O. The monoisotopic (exact) mass is 212 g/mol. The van der Waals surface area contributed by atoms with Gasteiger partial charge in [-0.25, -0.2) is 0 Å². The van der Waals surface area contributed by atoms with E-state index in [9.17, 15) is 4.79 Å². The Morgan fingerprint density at radius 2 is 2.07 bits per heavy atom. The average molecular weight is 212 g/mol. The van der Waals surface area contributed by atoms with E-state index in [-0.39, 0.29) is 11.8 Å². The van der Waals surface area contributed by atoms with E-state index in [0.29, 0.717) is 18.5 Å². The van der Waals surface area contributed by atoms with Crippen molar-refractivity contribution >= 4 is 5.91 Å². The Bertz CT molecular complexity index is 208. The Morgan fingerprint density at radius 3 is 2.40 bits per heavy atom. The normalized spacial score (nSPS) is 17.9. The smallest absolute Gasteiger partial charge is 0.227 e. The largest absolute Gasteiger partial charge is 0.339 e. The molecule has 0 aliphatic heterocycles. The standard InChI is InChI=1S/C12H24N2O/c1-4-10(7-13)12(15)14(8-9(2)3)11-5-6-11/h9-11H,4-8,13H2,1-3H3. The summed E-state index contributed by atoms with van der Waals surface area (Å²) < 4.78 is 0. The molecule has 1 amide bonds. The predicted octanol–water partition coefficient (Wildman–Crippen LogP) is 1.62. The lowest BCUT2D eigenvalue weighted by atomic mass is 10.0. The van der Waals surface area contributed by atoms with Crippen LogP contribution < -0.4 is 5.73 Å². The maximum Gasteiger partial charge on any atom is 0.227 e. The molecule has 3 heteroatoms. The number of carbonyl (C=O) groups is 1. The first kappa shape index (κ1) is 12.5. The van der Waals surface area contributed by atoms with Crippen molar-refractivity contribution in [3.05, 3.63) is 0 Å². The maximum absolute atomic E-state index is 12.2. The fourth-order valence-corrected chi connectivity index (χ4v) is 1.88. The van der Waals surface area contributed by atoms with Gasteiger partial charge in [0.05, 0.1) is 5.92 Å². The molecule has 0 aromatic heterocycles. The van der Waals surface area contributed by atoms with Gasteiger partial charge in [-0.15, -0.1) is 0 Å². The zero-order valence-electron chi connectivity index (χ0n) is 10.2. The molecule has 0 saturated heterocycles. The number of rotatable bonds is 6. The minimum atomic E-state index is 0.0318. The minimum Gasteiger partial charge on any atom is -0.339 e. The highest BCUT2D eigenvalue weighted by Gasteiger charge is 2.34. The molecule has 1 atom stereocenters. The molecule has 1 aliphatic rings. The van der Waals surface area contributed by atoms with Crippen LogP contribution in [0.25, 0.3) is 0 Å². The van der Waals surface area contributed by atoms with Gasteiger partial charge in [0, 0.05) is 19.1 Å². The molecule has 3 nitrogen and oxygen atoms in total. The topological polar surface area (TPSA) is 46.3 Å². The van der Waals surface area contributed by atoms with Gasteiger partial charge >= 0.3 is 0 Å². The van der Waals surface area contributed by atoms with Gasteiger partial charge in [-0.2, -0.15) is 0 Å². The third kappa shape index (κ3) is 3.49. The molecule has 0 aromatic carbocycles. The minimum absolute atomic E-state index is 0.0318. The molecule has 1 rings (SSSR count). The first-order chi connectivity index (χ1) is 7.10. The van der Waals surface area contributed by atoms with E-state index in [0.717, 1.165) is 13.0 Å². The van der Waals surface area contributed by atoms with E-state index >= 15 is 0 Å². The Hall–Kier alpha value is -0.570. The van der Waals surface area contributed by atoms with Crippen LogP contribution in [-0.2, 0) is 4.79 Å². The van der Waals surface area contributed by atoms with Crippen LogP contribution in [-0.4, -0.2) is 29.9 Å². The van der Waals surface area contributed by atoms with Crippen LogP contribution in [0.3, 0.4) is 0 Å². The summed E-state index contributed by atoms with van der Waals surface area (Å²) in [6.45, 7) is 7.73. The summed E-state index contributed by atoms with van der Waals surface area (Å²) in [5.41, 5.74) is 5.63. The van der Waals surface area contributed by atoms with Crippen molar-refractivity contribution in [2.24, 2.45) is 17.6 Å². The van der Waals surface area contributed by atoms with Crippen LogP contribution in [0.5, 0.6) is 0 Å². The summed E-state index contributed by atoms with van der Waals surface area (Å²) >= 11 is 0. The highest BCUT2D eigenvalue weighted by Crippen LogP contribution is 2.29. The highest BCUT2D eigenvalue weighted by atomic mass is 16.2. The molecular weight excluding hydrogens is 188 g/mol. The van der Waals surface area contributed by atoms with Gasteiger partial charge in [-0.3, -0.25) is 4.79 Å². The molecule has 1 unspecified atom stereocenters. The summed E-state index contributed by atoms with van der Waals surface area (Å²) in [7, 11) is 0. The zero-order chi connectivity index (χ0) is 11.4. The second-order valence-corrected chi connectivity index (χ2v) is 4.96. The molecule has 88 valence electrons. The molecule has 0 heterocycles. The van der Waals surface area contributed by atoms with Crippen molar-refractivity contribution < 1.29 is 4.79 Å². The van der Waals surface area contributed by atoms with E-state index in [1.807, 2.05) is 6.92 Å². The summed E-state index contributed by atoms with van der Waals surface area (Å²) in [5.74, 6) is 0.852. The number of amides is 1. The third-order valence-electron chi connectivity index (χ3n) is 2.96. The lowest BCUT2D eigenvalue weighted by Crippen LogP contribution is -2.42. The van der Waals surface area contributed by atoms with Crippen LogP contribution in [0.2, 0.25) is 0 Å². The first-order valence-corrected chi connectivity index (χ1v) is 6.10. The van der Waals surface area contributed by atoms with Gasteiger partial charge < -0.3 is 10.6 Å². The van der Waals surface area contributed by atoms with Crippen LogP contribution in [0.1, 0.15) is 40.0 Å². The number of carbonyl (C=O) groups excluding carboxylic acids is 1. The van der Waals surface area contributed by atoms with Crippen LogP contribution in [0.15, 0.2) is 0 Å². The van der Waals surface area contributed by atoms with Gasteiger partial charge in [0.15, 0.2) is 0 Å². The van der Waals surface area contributed by atoms with Crippen molar-refractivity contribution in [3.8, 4) is 0 Å². The van der Waals surface area contributed by atoms with Gasteiger partial charge in [0.2, 0.25) is 5.91 Å².